The number of nitrogens with two attached hydrogens (primary N) is 1. The van der Waals surface area contributed by atoms with Crippen LogP contribution in [0.15, 0.2) is 79.0 Å². The summed E-state index contributed by atoms with van der Waals surface area (Å²) in [6.07, 6.45) is 5.65. The molecule has 1 unspecified atom stereocenters. The number of ether oxygens (including phenoxy) is 1. The van der Waals surface area contributed by atoms with E-state index in [1.54, 1.807) is 13.2 Å². The maximum Gasteiger partial charge on any atom is 0.253 e. The lowest BCUT2D eigenvalue weighted by Crippen LogP contribution is -2.51. The lowest BCUT2D eigenvalue weighted by molar-refractivity contribution is -0.136. The third-order valence-electron chi connectivity index (χ3n) is 9.87. The van der Waals surface area contributed by atoms with Crippen LogP contribution in [0.5, 0.6) is 5.75 Å². The molecule has 3 aromatic carbocycles. The normalized spacial score (nSPS) is 16.7. The second-order valence-electron chi connectivity index (χ2n) is 12.9. The minimum atomic E-state index is -0.408. The highest BCUT2D eigenvalue weighted by Crippen LogP contribution is 2.29. The fourth-order valence-corrected chi connectivity index (χ4v) is 7.11. The molecule has 6 rings (SSSR count). The maximum absolute atomic E-state index is 13.6. The molecule has 1 aromatic heterocycles. The van der Waals surface area contributed by atoms with E-state index < -0.39 is 5.91 Å². The Hall–Kier alpha value is -4.63. The number of nitrogens with zero attached hydrogens (tertiary/aromatic N) is 4. The summed E-state index contributed by atoms with van der Waals surface area (Å²) in [5.41, 5.74) is 9.97. The maximum atomic E-state index is 13.6. The molecule has 47 heavy (non-hydrogen) atoms. The van der Waals surface area contributed by atoms with Crippen molar-refractivity contribution in [3.05, 3.63) is 101 Å². The van der Waals surface area contributed by atoms with Crippen LogP contribution in [-0.2, 0) is 17.6 Å². The molecule has 2 aliphatic rings. The highest BCUT2D eigenvalue weighted by Gasteiger charge is 2.28. The first kappa shape index (κ1) is 32.3. The average molecular weight is 636 g/mol. The number of methoxy groups -OCH3 is 1. The molecule has 3 heterocycles. The van der Waals surface area contributed by atoms with Crippen molar-refractivity contribution in [1.29, 1.82) is 0 Å². The quantitative estimate of drug-likeness (QED) is 0.270. The molecule has 246 valence electrons. The number of carbonyl (C=O) groups is 3. The molecular weight excluding hydrogens is 590 g/mol. The van der Waals surface area contributed by atoms with Gasteiger partial charge >= 0.3 is 0 Å². The minimum Gasteiger partial charge on any atom is -0.496 e. The minimum absolute atomic E-state index is 0.00223. The molecule has 0 aliphatic carbocycles. The van der Waals surface area contributed by atoms with E-state index in [1.807, 2.05) is 65.3 Å². The lowest BCUT2D eigenvalue weighted by Gasteiger charge is -2.36. The van der Waals surface area contributed by atoms with Crippen molar-refractivity contribution in [2.75, 3.05) is 52.9 Å². The van der Waals surface area contributed by atoms with Crippen molar-refractivity contribution in [3.8, 4) is 5.75 Å². The van der Waals surface area contributed by atoms with E-state index in [4.69, 9.17) is 10.5 Å². The van der Waals surface area contributed by atoms with E-state index in [1.165, 1.54) is 0 Å². The molecule has 0 spiro atoms. The Kier molecular flexibility index (Phi) is 9.92. The van der Waals surface area contributed by atoms with Crippen LogP contribution in [0.25, 0.3) is 10.9 Å². The van der Waals surface area contributed by atoms with Crippen LogP contribution in [-0.4, -0.2) is 89.9 Å². The summed E-state index contributed by atoms with van der Waals surface area (Å²) in [7, 11) is 1.67. The van der Waals surface area contributed by atoms with E-state index in [2.05, 4.69) is 33.9 Å². The second-order valence-corrected chi connectivity index (χ2v) is 12.9. The molecule has 2 saturated heterocycles. The molecule has 3 amide bonds. The number of piperidine rings is 1. The summed E-state index contributed by atoms with van der Waals surface area (Å²) in [4.78, 5) is 44.6. The van der Waals surface area contributed by atoms with Crippen LogP contribution in [0.4, 0.5) is 0 Å². The number of piperazine rings is 1. The van der Waals surface area contributed by atoms with Crippen molar-refractivity contribution < 1.29 is 19.1 Å². The Labute approximate surface area is 276 Å². The summed E-state index contributed by atoms with van der Waals surface area (Å²) in [6.45, 7) is 6.95. The number of benzene rings is 3. The average Bonchev–Trinajstić information content (AvgIpc) is 3.54. The fraction of sp³-hybridized carbons (Fsp3) is 0.395. The van der Waals surface area contributed by atoms with Crippen LogP contribution < -0.4 is 10.5 Å². The zero-order valence-electron chi connectivity index (χ0n) is 27.4. The number of amides is 3. The smallest absolute Gasteiger partial charge is 0.253 e. The molecule has 1 atom stereocenters. The van der Waals surface area contributed by atoms with Crippen molar-refractivity contribution in [3.63, 3.8) is 0 Å². The molecule has 0 bridgehead atoms. The van der Waals surface area contributed by atoms with Gasteiger partial charge in [0, 0.05) is 80.6 Å². The predicted octanol–water partition coefficient (Wildman–Crippen LogP) is 4.79. The van der Waals surface area contributed by atoms with Crippen LogP contribution in [0.1, 0.15) is 57.7 Å². The van der Waals surface area contributed by atoms with Gasteiger partial charge in [-0.05, 0) is 78.6 Å². The second kappa shape index (κ2) is 14.4. The van der Waals surface area contributed by atoms with Gasteiger partial charge in [-0.15, -0.1) is 0 Å². The highest BCUT2D eigenvalue weighted by molar-refractivity contribution is 5.97. The number of hydrogen-bond donors (Lipinski definition) is 1. The Morgan fingerprint density at radius 2 is 1.55 bits per heavy atom. The predicted molar refractivity (Wildman–Crippen MR) is 184 cm³/mol. The number of aromatic nitrogens is 1. The Bertz CT molecular complexity index is 1720. The standard InChI is InChI=1S/C38H45N5O4/c1-27(24-28-6-4-3-5-7-28)37(45)41-20-22-42(23-21-41)38(46)32-10-11-35(47-2)30(25-32)12-16-40-17-14-33(15-18-40)43-19-13-29-8-9-31(36(39)44)26-34(29)43/h3-11,13,19,25-27,33H,12,14-18,20-24H2,1-2H3,(H2,39,44). The third-order valence-corrected chi connectivity index (χ3v) is 9.87. The van der Waals surface area contributed by atoms with E-state index >= 15 is 0 Å². The fourth-order valence-electron chi connectivity index (χ4n) is 7.11. The van der Waals surface area contributed by atoms with Crippen LogP contribution >= 0.6 is 0 Å². The summed E-state index contributed by atoms with van der Waals surface area (Å²) >= 11 is 0. The number of fused-ring (bicyclic) bond motifs is 1. The van der Waals surface area contributed by atoms with E-state index in [0.29, 0.717) is 43.3 Å². The van der Waals surface area contributed by atoms with Gasteiger partial charge in [0.05, 0.1) is 7.11 Å². The Balaban J connectivity index is 1.01. The van der Waals surface area contributed by atoms with Gasteiger partial charge in [-0.25, -0.2) is 0 Å². The number of carbonyl (C=O) groups excluding carboxylic acids is 3. The summed E-state index contributed by atoms with van der Waals surface area (Å²) in [5.74, 6) is 0.436. The molecular formula is C38H45N5O4. The molecule has 9 heteroatoms. The SMILES string of the molecule is COc1ccc(C(=O)N2CCN(C(=O)C(C)Cc3ccccc3)CC2)cc1CCN1CCC(n2ccc3ccc(C(N)=O)cc32)CC1. The number of likely N-dealkylation sites (tertiary alicyclic amines) is 1. The topological polar surface area (TPSA) is 101 Å². The van der Waals surface area contributed by atoms with Crippen LogP contribution in [0.3, 0.4) is 0 Å². The first-order valence-electron chi connectivity index (χ1n) is 16.7. The number of primary amides is 1. The van der Waals surface area contributed by atoms with Crippen molar-refractivity contribution in [1.82, 2.24) is 19.3 Å². The number of rotatable bonds is 10. The summed E-state index contributed by atoms with van der Waals surface area (Å²) in [5, 5.41) is 1.11. The largest absolute Gasteiger partial charge is 0.496 e. The van der Waals surface area contributed by atoms with Gasteiger partial charge in [0.1, 0.15) is 5.75 Å². The third kappa shape index (κ3) is 7.36. The molecule has 4 aromatic rings. The van der Waals surface area contributed by atoms with Crippen molar-refractivity contribution in [2.45, 2.75) is 38.6 Å². The van der Waals surface area contributed by atoms with Gasteiger partial charge in [0.2, 0.25) is 11.8 Å². The molecule has 9 nitrogen and oxygen atoms in total. The first-order chi connectivity index (χ1) is 22.8. The zero-order chi connectivity index (χ0) is 32.9. The van der Waals surface area contributed by atoms with E-state index in [0.717, 1.165) is 73.1 Å². The number of hydrogen-bond acceptors (Lipinski definition) is 5. The lowest BCUT2D eigenvalue weighted by atomic mass is 9.99. The molecule has 0 radical (unpaired) electrons. The van der Waals surface area contributed by atoms with Crippen molar-refractivity contribution >= 4 is 28.6 Å². The Morgan fingerprint density at radius 1 is 0.851 bits per heavy atom. The summed E-state index contributed by atoms with van der Waals surface area (Å²) < 4.78 is 7.97. The summed E-state index contributed by atoms with van der Waals surface area (Å²) in [6, 6.07) is 23.9. The van der Waals surface area contributed by atoms with Gasteiger partial charge in [-0.2, -0.15) is 0 Å². The van der Waals surface area contributed by atoms with Crippen molar-refractivity contribution in [2.24, 2.45) is 11.7 Å². The molecule has 2 N–H and O–H groups in total. The molecule has 0 saturated carbocycles. The van der Waals surface area contributed by atoms with Crippen LogP contribution in [0.2, 0.25) is 0 Å². The van der Waals surface area contributed by atoms with Crippen LogP contribution in [0, 0.1) is 5.92 Å². The van der Waals surface area contributed by atoms with Gasteiger partial charge in [-0.1, -0.05) is 43.3 Å². The highest BCUT2D eigenvalue weighted by atomic mass is 16.5. The van der Waals surface area contributed by atoms with Gasteiger partial charge in [0.25, 0.3) is 5.91 Å². The monoisotopic (exact) mass is 635 g/mol. The molecule has 2 aliphatic heterocycles. The van der Waals surface area contributed by atoms with Gasteiger partial charge in [0.15, 0.2) is 0 Å². The zero-order valence-corrected chi connectivity index (χ0v) is 27.4. The van der Waals surface area contributed by atoms with E-state index in [9.17, 15) is 14.4 Å². The van der Waals surface area contributed by atoms with Gasteiger partial charge in [-0.3, -0.25) is 14.4 Å². The van der Waals surface area contributed by atoms with Gasteiger partial charge < -0.3 is 29.7 Å². The first-order valence-corrected chi connectivity index (χ1v) is 16.7. The van der Waals surface area contributed by atoms with E-state index in [-0.39, 0.29) is 17.7 Å². The Morgan fingerprint density at radius 3 is 2.26 bits per heavy atom. The molecule has 2 fully saturated rings.